The number of hydrogen-bond donors (Lipinski definition) is 3. The van der Waals surface area contributed by atoms with Gasteiger partial charge in [-0.3, -0.25) is 4.79 Å². The maximum Gasteiger partial charge on any atom is 0.206 e. The SMILES string of the molecule is COc1cc(-c2coc3c(O)c(OC)c(O)cc3c2=O)ccc1O. The van der Waals surface area contributed by atoms with Crippen molar-refractivity contribution in [3.05, 3.63) is 40.8 Å². The number of benzene rings is 2. The van der Waals surface area contributed by atoms with Gasteiger partial charge in [-0.15, -0.1) is 0 Å². The molecule has 0 saturated carbocycles. The number of hydrogen-bond acceptors (Lipinski definition) is 7. The summed E-state index contributed by atoms with van der Waals surface area (Å²) in [5, 5.41) is 29.6. The number of rotatable bonds is 3. The van der Waals surface area contributed by atoms with Crippen LogP contribution in [0.2, 0.25) is 0 Å². The minimum atomic E-state index is -0.461. The maximum absolute atomic E-state index is 12.7. The zero-order valence-electron chi connectivity index (χ0n) is 12.9. The van der Waals surface area contributed by atoms with Gasteiger partial charge in [-0.2, -0.15) is 0 Å². The molecule has 3 N–H and O–H groups in total. The molecule has 0 aliphatic rings. The van der Waals surface area contributed by atoms with Crippen LogP contribution in [-0.2, 0) is 0 Å². The molecule has 0 saturated heterocycles. The molecule has 7 heteroatoms. The molecule has 0 radical (unpaired) electrons. The molecular weight excluding hydrogens is 316 g/mol. The van der Waals surface area contributed by atoms with E-state index in [0.717, 1.165) is 0 Å². The molecule has 0 unspecified atom stereocenters. The Balaban J connectivity index is 2.29. The van der Waals surface area contributed by atoms with Gasteiger partial charge in [0.2, 0.25) is 16.9 Å². The highest BCUT2D eigenvalue weighted by molar-refractivity contribution is 5.90. The van der Waals surface area contributed by atoms with E-state index < -0.39 is 11.2 Å². The molecular formula is C17H14O7. The molecule has 1 heterocycles. The van der Waals surface area contributed by atoms with Crippen molar-refractivity contribution in [3.63, 3.8) is 0 Å². The van der Waals surface area contributed by atoms with E-state index in [1.165, 1.54) is 44.7 Å². The summed E-state index contributed by atoms with van der Waals surface area (Å²) in [6.45, 7) is 0. The van der Waals surface area contributed by atoms with E-state index in [1.54, 1.807) is 0 Å². The monoisotopic (exact) mass is 330 g/mol. The van der Waals surface area contributed by atoms with Crippen LogP contribution in [0.3, 0.4) is 0 Å². The fourth-order valence-electron chi connectivity index (χ4n) is 2.47. The number of phenolic OH excluding ortho intramolecular Hbond substituents is 3. The van der Waals surface area contributed by atoms with Crippen molar-refractivity contribution in [1.29, 1.82) is 0 Å². The molecule has 124 valence electrons. The van der Waals surface area contributed by atoms with Crippen molar-refractivity contribution < 1.29 is 29.2 Å². The summed E-state index contributed by atoms with van der Waals surface area (Å²) in [6.07, 6.45) is 1.19. The lowest BCUT2D eigenvalue weighted by Gasteiger charge is -2.10. The van der Waals surface area contributed by atoms with Crippen molar-refractivity contribution in [2.45, 2.75) is 0 Å². The van der Waals surface area contributed by atoms with Crippen LogP contribution < -0.4 is 14.9 Å². The third kappa shape index (κ3) is 2.26. The Bertz CT molecular complexity index is 988. The topological polar surface area (TPSA) is 109 Å². The van der Waals surface area contributed by atoms with Gasteiger partial charge < -0.3 is 29.2 Å². The minimum Gasteiger partial charge on any atom is -0.504 e. The first-order valence-electron chi connectivity index (χ1n) is 6.89. The zero-order valence-corrected chi connectivity index (χ0v) is 12.9. The Morgan fingerprint density at radius 1 is 1.00 bits per heavy atom. The Kier molecular flexibility index (Phi) is 3.69. The van der Waals surface area contributed by atoms with Gasteiger partial charge in [-0.05, 0) is 23.8 Å². The molecule has 0 aliphatic carbocycles. The van der Waals surface area contributed by atoms with Crippen LogP contribution in [0.15, 0.2) is 39.7 Å². The molecule has 0 spiro atoms. The molecule has 3 aromatic rings. The highest BCUT2D eigenvalue weighted by Crippen LogP contribution is 2.41. The normalized spacial score (nSPS) is 10.8. The molecule has 0 fully saturated rings. The Morgan fingerprint density at radius 2 is 1.75 bits per heavy atom. The smallest absolute Gasteiger partial charge is 0.206 e. The van der Waals surface area contributed by atoms with E-state index in [9.17, 15) is 20.1 Å². The van der Waals surface area contributed by atoms with E-state index in [2.05, 4.69) is 0 Å². The fourth-order valence-corrected chi connectivity index (χ4v) is 2.47. The van der Waals surface area contributed by atoms with Crippen molar-refractivity contribution in [1.82, 2.24) is 0 Å². The Labute approximate surface area is 135 Å². The van der Waals surface area contributed by atoms with E-state index in [4.69, 9.17) is 13.9 Å². The molecule has 2 aromatic carbocycles. The van der Waals surface area contributed by atoms with Crippen LogP contribution in [-0.4, -0.2) is 29.5 Å². The van der Waals surface area contributed by atoms with E-state index in [1.807, 2.05) is 0 Å². The van der Waals surface area contributed by atoms with Crippen molar-refractivity contribution in [2.24, 2.45) is 0 Å². The van der Waals surface area contributed by atoms with E-state index >= 15 is 0 Å². The number of fused-ring (bicyclic) bond motifs is 1. The average molecular weight is 330 g/mol. The van der Waals surface area contributed by atoms with Gasteiger partial charge in [-0.1, -0.05) is 6.07 Å². The van der Waals surface area contributed by atoms with Crippen LogP contribution in [0.5, 0.6) is 28.7 Å². The summed E-state index contributed by atoms with van der Waals surface area (Å²) in [5.41, 5.74) is 0.0845. The van der Waals surface area contributed by atoms with Gasteiger partial charge in [-0.25, -0.2) is 0 Å². The number of ether oxygens (including phenoxy) is 2. The predicted octanol–water partition coefficient (Wildman–Crippen LogP) is 2.59. The summed E-state index contributed by atoms with van der Waals surface area (Å²) < 4.78 is 15.3. The molecule has 24 heavy (non-hydrogen) atoms. The van der Waals surface area contributed by atoms with Gasteiger partial charge in [0, 0.05) is 0 Å². The summed E-state index contributed by atoms with van der Waals surface area (Å²) in [7, 11) is 2.67. The third-order valence-corrected chi connectivity index (χ3v) is 3.67. The van der Waals surface area contributed by atoms with Crippen molar-refractivity contribution in [3.8, 4) is 39.9 Å². The van der Waals surface area contributed by atoms with Crippen LogP contribution in [0.1, 0.15) is 0 Å². The Morgan fingerprint density at radius 3 is 2.42 bits per heavy atom. The zero-order chi connectivity index (χ0) is 17.4. The van der Waals surface area contributed by atoms with Gasteiger partial charge in [0.15, 0.2) is 22.8 Å². The van der Waals surface area contributed by atoms with Gasteiger partial charge in [0.1, 0.15) is 6.26 Å². The lowest BCUT2D eigenvalue weighted by atomic mass is 10.0. The van der Waals surface area contributed by atoms with Crippen LogP contribution in [0.25, 0.3) is 22.1 Å². The number of aromatic hydroxyl groups is 3. The minimum absolute atomic E-state index is 0.00431. The largest absolute Gasteiger partial charge is 0.504 e. The summed E-state index contributed by atoms with van der Waals surface area (Å²) in [4.78, 5) is 12.7. The van der Waals surface area contributed by atoms with Crippen LogP contribution in [0.4, 0.5) is 0 Å². The predicted molar refractivity (Wildman–Crippen MR) is 86.0 cm³/mol. The maximum atomic E-state index is 12.7. The first-order chi connectivity index (χ1) is 11.5. The second kappa shape index (κ2) is 5.69. The molecule has 0 amide bonds. The van der Waals surface area contributed by atoms with Crippen molar-refractivity contribution >= 4 is 11.0 Å². The van der Waals surface area contributed by atoms with Gasteiger partial charge >= 0.3 is 0 Å². The lowest BCUT2D eigenvalue weighted by molar-refractivity contribution is 0.343. The quantitative estimate of drug-likeness (QED) is 0.677. The van der Waals surface area contributed by atoms with Crippen LogP contribution in [0, 0.1) is 0 Å². The van der Waals surface area contributed by atoms with Crippen LogP contribution >= 0.6 is 0 Å². The summed E-state index contributed by atoms with van der Waals surface area (Å²) in [6, 6.07) is 5.57. The standard InChI is InChI=1S/C17H14O7/c1-22-13-5-8(3-4-11(13)18)10-7-24-16-9(14(10)20)6-12(19)17(23-2)15(16)21/h3-7,18-19,21H,1-2H3. The average Bonchev–Trinajstić information content (AvgIpc) is 2.57. The third-order valence-electron chi connectivity index (χ3n) is 3.67. The highest BCUT2D eigenvalue weighted by Gasteiger charge is 2.19. The van der Waals surface area contributed by atoms with E-state index in [-0.39, 0.29) is 39.5 Å². The molecule has 3 rings (SSSR count). The van der Waals surface area contributed by atoms with Crippen molar-refractivity contribution in [2.75, 3.05) is 14.2 Å². The Hall–Kier alpha value is -3.35. The lowest BCUT2D eigenvalue weighted by Crippen LogP contribution is -2.05. The van der Waals surface area contributed by atoms with Gasteiger partial charge in [0.05, 0.1) is 25.2 Å². The van der Waals surface area contributed by atoms with E-state index in [0.29, 0.717) is 5.56 Å². The second-order valence-electron chi connectivity index (χ2n) is 5.02. The molecule has 7 nitrogen and oxygen atoms in total. The molecule has 0 aliphatic heterocycles. The molecule has 0 atom stereocenters. The molecule has 1 aromatic heterocycles. The molecule has 0 bridgehead atoms. The highest BCUT2D eigenvalue weighted by atomic mass is 16.5. The summed E-state index contributed by atoms with van der Waals surface area (Å²) >= 11 is 0. The second-order valence-corrected chi connectivity index (χ2v) is 5.02. The number of methoxy groups -OCH3 is 2. The first-order valence-corrected chi connectivity index (χ1v) is 6.89. The number of phenols is 3. The summed E-state index contributed by atoms with van der Waals surface area (Å²) in [5.74, 6) is -0.877. The van der Waals surface area contributed by atoms with Gasteiger partial charge in [0.25, 0.3) is 0 Å². The first kappa shape index (κ1) is 15.5. The fraction of sp³-hybridized carbons (Fsp3) is 0.118.